The smallest absolute Gasteiger partial charge is 0.216 e. The zero-order chi connectivity index (χ0) is 19.7. The molecule has 1 amide bonds. The summed E-state index contributed by atoms with van der Waals surface area (Å²) in [6.45, 7) is 6.22. The Bertz CT molecular complexity index is 890. The highest BCUT2D eigenvalue weighted by molar-refractivity contribution is 5.75. The largest absolute Gasteiger partial charge is 0.371 e. The van der Waals surface area contributed by atoms with E-state index < -0.39 is 0 Å². The van der Waals surface area contributed by atoms with Crippen molar-refractivity contribution in [3.63, 3.8) is 0 Å². The third-order valence-corrected chi connectivity index (χ3v) is 5.98. The fourth-order valence-electron chi connectivity index (χ4n) is 4.76. The van der Waals surface area contributed by atoms with Gasteiger partial charge in [0.2, 0.25) is 5.91 Å². The Kier molecular flexibility index (Phi) is 5.21. The summed E-state index contributed by atoms with van der Waals surface area (Å²) in [5, 5.41) is 6.27. The molecule has 2 atom stereocenters. The Balaban J connectivity index is 1.73. The topological polar surface area (TPSA) is 50.4 Å². The number of rotatable bonds is 5. The predicted octanol–water partition coefficient (Wildman–Crippen LogP) is 3.63. The lowest BCUT2D eigenvalue weighted by Gasteiger charge is -2.54. The Hall–Kier alpha value is -2.24. The van der Waals surface area contributed by atoms with Crippen molar-refractivity contribution >= 4 is 5.91 Å². The van der Waals surface area contributed by atoms with Crippen LogP contribution in [0.25, 0.3) is 11.1 Å². The van der Waals surface area contributed by atoms with E-state index in [4.69, 9.17) is 4.74 Å². The van der Waals surface area contributed by atoms with Crippen molar-refractivity contribution in [3.05, 3.63) is 58.9 Å². The Labute approximate surface area is 165 Å². The molecule has 4 rings (SSSR count). The van der Waals surface area contributed by atoms with E-state index in [0.29, 0.717) is 18.7 Å². The first-order chi connectivity index (χ1) is 13.5. The van der Waals surface area contributed by atoms with Crippen LogP contribution in [-0.4, -0.2) is 32.1 Å². The number of nitrogens with one attached hydrogen (secondary N) is 2. The van der Waals surface area contributed by atoms with Gasteiger partial charge in [-0.05, 0) is 49.1 Å². The molecular formula is C23H27FN2O2. The predicted molar refractivity (Wildman–Crippen MR) is 108 cm³/mol. The molecule has 2 aliphatic rings. The molecule has 0 saturated carbocycles. The molecule has 4 nitrogen and oxygen atoms in total. The molecule has 28 heavy (non-hydrogen) atoms. The Morgan fingerprint density at radius 3 is 2.93 bits per heavy atom. The van der Waals surface area contributed by atoms with E-state index >= 15 is 0 Å². The summed E-state index contributed by atoms with van der Waals surface area (Å²) in [4.78, 5) is 11.2. The Morgan fingerprint density at radius 2 is 2.21 bits per heavy atom. The van der Waals surface area contributed by atoms with E-state index in [0.717, 1.165) is 42.6 Å². The molecule has 0 radical (unpaired) electrons. The van der Waals surface area contributed by atoms with Crippen LogP contribution < -0.4 is 10.6 Å². The molecule has 0 aromatic heterocycles. The summed E-state index contributed by atoms with van der Waals surface area (Å²) in [6.07, 6.45) is 1.93. The van der Waals surface area contributed by atoms with Crippen molar-refractivity contribution in [1.82, 2.24) is 10.6 Å². The van der Waals surface area contributed by atoms with Crippen LogP contribution in [0.5, 0.6) is 0 Å². The van der Waals surface area contributed by atoms with E-state index in [-0.39, 0.29) is 23.2 Å². The fourth-order valence-corrected chi connectivity index (χ4v) is 4.76. The number of amides is 1. The maximum absolute atomic E-state index is 15.0. The highest BCUT2D eigenvalue weighted by Crippen LogP contribution is 2.58. The molecule has 2 aromatic rings. The molecule has 148 valence electrons. The van der Waals surface area contributed by atoms with Gasteiger partial charge in [0.1, 0.15) is 5.82 Å². The van der Waals surface area contributed by atoms with Gasteiger partial charge in [-0.3, -0.25) is 4.79 Å². The Morgan fingerprint density at radius 1 is 1.36 bits per heavy atom. The van der Waals surface area contributed by atoms with Crippen molar-refractivity contribution in [3.8, 4) is 11.1 Å². The fraction of sp³-hybridized carbons (Fsp3) is 0.435. The van der Waals surface area contributed by atoms with E-state index in [1.54, 1.807) is 6.07 Å². The minimum absolute atomic E-state index is 0.0712. The van der Waals surface area contributed by atoms with Crippen molar-refractivity contribution in [2.45, 2.75) is 38.2 Å². The number of hydrogen-bond donors (Lipinski definition) is 2. The van der Waals surface area contributed by atoms with Crippen LogP contribution in [0.1, 0.15) is 42.6 Å². The van der Waals surface area contributed by atoms with Gasteiger partial charge in [0.25, 0.3) is 0 Å². The normalized spacial score (nSPS) is 23.2. The summed E-state index contributed by atoms with van der Waals surface area (Å²) in [6, 6.07) is 11.5. The second-order valence-electron chi connectivity index (χ2n) is 7.92. The maximum atomic E-state index is 15.0. The van der Waals surface area contributed by atoms with Gasteiger partial charge in [-0.15, -0.1) is 0 Å². The number of piperidine rings is 1. The highest BCUT2D eigenvalue weighted by Gasteiger charge is 2.54. The van der Waals surface area contributed by atoms with Gasteiger partial charge in [0, 0.05) is 31.0 Å². The highest BCUT2D eigenvalue weighted by atomic mass is 19.1. The quantitative estimate of drug-likeness (QED) is 0.777. The summed E-state index contributed by atoms with van der Waals surface area (Å²) in [5.41, 5.74) is 4.70. The second-order valence-corrected chi connectivity index (χ2v) is 7.92. The van der Waals surface area contributed by atoms with Gasteiger partial charge in [-0.2, -0.15) is 0 Å². The number of carbonyl (C=O) groups excluding carboxylic acids is 1. The number of hydrogen-bond acceptors (Lipinski definition) is 3. The third kappa shape index (κ3) is 3.23. The summed E-state index contributed by atoms with van der Waals surface area (Å²) in [5.74, 6) is -0.281. The second kappa shape index (κ2) is 7.64. The van der Waals surface area contributed by atoms with Crippen LogP contribution in [0.3, 0.4) is 0 Å². The first kappa shape index (κ1) is 19.1. The minimum Gasteiger partial charge on any atom is -0.371 e. The molecular weight excluding hydrogens is 355 g/mol. The molecule has 1 fully saturated rings. The van der Waals surface area contributed by atoms with Gasteiger partial charge in [0.05, 0.1) is 12.7 Å². The van der Waals surface area contributed by atoms with E-state index in [9.17, 15) is 9.18 Å². The van der Waals surface area contributed by atoms with Crippen LogP contribution in [0, 0.1) is 12.7 Å². The van der Waals surface area contributed by atoms with Gasteiger partial charge in [-0.25, -0.2) is 4.39 Å². The molecule has 0 bridgehead atoms. The van der Waals surface area contributed by atoms with Crippen LogP contribution in [0.4, 0.5) is 4.39 Å². The van der Waals surface area contributed by atoms with Crippen molar-refractivity contribution in [2.75, 3.05) is 26.2 Å². The number of benzene rings is 2. The molecule has 2 aromatic carbocycles. The summed E-state index contributed by atoms with van der Waals surface area (Å²) < 4.78 is 21.3. The zero-order valence-corrected chi connectivity index (χ0v) is 16.5. The maximum Gasteiger partial charge on any atom is 0.216 e. The van der Waals surface area contributed by atoms with Gasteiger partial charge < -0.3 is 15.4 Å². The van der Waals surface area contributed by atoms with Crippen molar-refractivity contribution < 1.29 is 13.9 Å². The average Bonchev–Trinajstić information content (AvgIpc) is 2.68. The molecule has 1 aliphatic carbocycles. The minimum atomic E-state index is -0.210. The van der Waals surface area contributed by atoms with Crippen LogP contribution >= 0.6 is 0 Å². The lowest BCUT2D eigenvalue weighted by molar-refractivity contribution is -0.119. The standard InChI is InChI=1S/C23H27FN2O2/c1-15-5-3-6-17(13-15)20-19(24)8-7-18-21(20)22(28-12-11-26-16(2)27)23(18)9-4-10-25-14-23/h3,5-8,13,22,25H,4,9-12,14H2,1-2H3,(H,26,27)/t22-,23+/m0/s1. The van der Waals surface area contributed by atoms with Gasteiger partial charge >= 0.3 is 0 Å². The first-order valence-electron chi connectivity index (χ1n) is 9.99. The molecule has 1 saturated heterocycles. The zero-order valence-electron chi connectivity index (χ0n) is 16.5. The van der Waals surface area contributed by atoms with E-state index in [1.165, 1.54) is 12.5 Å². The van der Waals surface area contributed by atoms with E-state index in [1.807, 2.05) is 37.3 Å². The molecule has 2 N–H and O–H groups in total. The number of ether oxygens (including phenoxy) is 1. The molecule has 5 heteroatoms. The van der Waals surface area contributed by atoms with Crippen LogP contribution in [0.2, 0.25) is 0 Å². The van der Waals surface area contributed by atoms with Crippen molar-refractivity contribution in [2.24, 2.45) is 0 Å². The lowest BCUT2D eigenvalue weighted by atomic mass is 9.56. The molecule has 0 unspecified atom stereocenters. The van der Waals surface area contributed by atoms with Crippen LogP contribution in [0.15, 0.2) is 36.4 Å². The average molecular weight is 382 g/mol. The van der Waals surface area contributed by atoms with Gasteiger partial charge in [0.15, 0.2) is 0 Å². The number of fused-ring (bicyclic) bond motifs is 2. The molecule has 1 heterocycles. The monoisotopic (exact) mass is 382 g/mol. The molecule has 1 spiro atoms. The third-order valence-electron chi connectivity index (χ3n) is 5.98. The number of aryl methyl sites for hydroxylation is 1. The number of carbonyl (C=O) groups is 1. The van der Waals surface area contributed by atoms with Gasteiger partial charge in [-0.1, -0.05) is 35.9 Å². The SMILES string of the molecule is CC(=O)NCCO[C@H]1c2c(ccc(F)c2-c2cccc(C)c2)[C@]12CCCNC2. The van der Waals surface area contributed by atoms with Crippen molar-refractivity contribution in [1.29, 1.82) is 0 Å². The van der Waals surface area contributed by atoms with E-state index in [2.05, 4.69) is 10.6 Å². The molecule has 1 aliphatic heterocycles. The summed E-state index contributed by atoms with van der Waals surface area (Å²) in [7, 11) is 0. The first-order valence-corrected chi connectivity index (χ1v) is 9.99. The number of halogens is 1. The lowest BCUT2D eigenvalue weighted by Crippen LogP contribution is -2.55. The summed E-state index contributed by atoms with van der Waals surface area (Å²) >= 11 is 0. The van der Waals surface area contributed by atoms with Crippen LogP contribution in [-0.2, 0) is 14.9 Å².